The van der Waals surface area contributed by atoms with E-state index >= 15 is 0 Å². The van der Waals surface area contributed by atoms with E-state index in [4.69, 9.17) is 4.74 Å². The highest BCUT2D eigenvalue weighted by Gasteiger charge is 2.24. The predicted octanol–water partition coefficient (Wildman–Crippen LogP) is 3.52. The van der Waals surface area contributed by atoms with E-state index < -0.39 is 0 Å². The highest BCUT2D eigenvalue weighted by Crippen LogP contribution is 2.30. The zero-order valence-corrected chi connectivity index (χ0v) is 12.1. The fraction of sp³-hybridized carbons (Fsp3) is 0.625. The molecule has 0 bridgehead atoms. The smallest absolute Gasteiger partial charge is 0.128 e. The van der Waals surface area contributed by atoms with Crippen LogP contribution in [0.25, 0.3) is 0 Å². The van der Waals surface area contributed by atoms with Gasteiger partial charge in [-0.3, -0.25) is 0 Å². The highest BCUT2D eigenvalue weighted by molar-refractivity contribution is 5.34. The van der Waals surface area contributed by atoms with Crippen LogP contribution in [0.3, 0.4) is 0 Å². The van der Waals surface area contributed by atoms with E-state index in [-0.39, 0.29) is 11.9 Å². The molecule has 106 valence electrons. The first-order valence-electron chi connectivity index (χ1n) is 7.19. The molecule has 2 atom stereocenters. The quantitative estimate of drug-likeness (QED) is 0.879. The minimum atomic E-state index is -0.0811. The molecule has 1 fully saturated rings. The Balaban J connectivity index is 2.22. The average Bonchev–Trinajstić information content (AvgIpc) is 2.80. The number of benzene rings is 1. The molecule has 0 radical (unpaired) electrons. The molecule has 0 spiro atoms. The molecular formula is C16H24FNO. The molecule has 0 saturated carbocycles. The summed E-state index contributed by atoms with van der Waals surface area (Å²) in [4.78, 5) is 0. The predicted molar refractivity (Wildman–Crippen MR) is 75.8 cm³/mol. The molecule has 1 aliphatic heterocycles. The first kappa shape index (κ1) is 14.5. The lowest BCUT2D eigenvalue weighted by atomic mass is 9.90. The Morgan fingerprint density at radius 1 is 1.42 bits per heavy atom. The topological polar surface area (TPSA) is 21.3 Å². The third kappa shape index (κ3) is 3.54. The zero-order valence-electron chi connectivity index (χ0n) is 12.1. The number of nitrogens with one attached hydrogen (secondary N) is 1. The van der Waals surface area contributed by atoms with Crippen molar-refractivity contribution in [1.29, 1.82) is 0 Å². The van der Waals surface area contributed by atoms with Gasteiger partial charge in [0.05, 0.1) is 0 Å². The van der Waals surface area contributed by atoms with Crippen LogP contribution in [-0.4, -0.2) is 19.8 Å². The standard InChI is InChI=1S/C16H24FNO/c1-4-18-15(9-13-5-6-19-10-13)16-12(3)7-11(2)8-14(16)17/h7-8,13,15,18H,4-6,9-10H2,1-3H3. The Hall–Kier alpha value is -0.930. The van der Waals surface area contributed by atoms with Crippen LogP contribution in [0.2, 0.25) is 0 Å². The molecule has 0 aliphatic carbocycles. The van der Waals surface area contributed by atoms with Crippen LogP contribution in [0.5, 0.6) is 0 Å². The van der Waals surface area contributed by atoms with Crippen molar-refractivity contribution in [3.63, 3.8) is 0 Å². The van der Waals surface area contributed by atoms with Gasteiger partial charge in [-0.1, -0.05) is 13.0 Å². The van der Waals surface area contributed by atoms with Crippen LogP contribution in [-0.2, 0) is 4.74 Å². The largest absolute Gasteiger partial charge is 0.381 e. The average molecular weight is 265 g/mol. The highest BCUT2D eigenvalue weighted by atomic mass is 19.1. The van der Waals surface area contributed by atoms with E-state index in [1.165, 1.54) is 0 Å². The van der Waals surface area contributed by atoms with E-state index in [0.29, 0.717) is 5.92 Å². The second-order valence-electron chi connectivity index (χ2n) is 5.55. The van der Waals surface area contributed by atoms with E-state index in [2.05, 4.69) is 18.3 Å². The molecule has 0 aromatic heterocycles. The SMILES string of the molecule is CCNC(CC1CCOC1)c1c(C)cc(C)cc1F. The first-order chi connectivity index (χ1) is 9.11. The Morgan fingerprint density at radius 3 is 2.79 bits per heavy atom. The third-order valence-corrected chi connectivity index (χ3v) is 3.87. The number of halogens is 1. The summed E-state index contributed by atoms with van der Waals surface area (Å²) in [5, 5.41) is 3.43. The molecule has 1 aromatic rings. The summed E-state index contributed by atoms with van der Waals surface area (Å²) < 4.78 is 19.7. The second-order valence-corrected chi connectivity index (χ2v) is 5.55. The van der Waals surface area contributed by atoms with Crippen LogP contribution < -0.4 is 5.32 Å². The van der Waals surface area contributed by atoms with Crippen molar-refractivity contribution in [2.45, 2.75) is 39.7 Å². The number of hydrogen-bond donors (Lipinski definition) is 1. The zero-order chi connectivity index (χ0) is 13.8. The molecule has 1 N–H and O–H groups in total. The van der Waals surface area contributed by atoms with Gasteiger partial charge in [0.25, 0.3) is 0 Å². The van der Waals surface area contributed by atoms with Crippen LogP contribution in [0, 0.1) is 25.6 Å². The molecule has 1 heterocycles. The maximum Gasteiger partial charge on any atom is 0.128 e. The minimum absolute atomic E-state index is 0.0811. The summed E-state index contributed by atoms with van der Waals surface area (Å²) in [6.07, 6.45) is 2.04. The van der Waals surface area contributed by atoms with Gasteiger partial charge in [-0.15, -0.1) is 0 Å². The van der Waals surface area contributed by atoms with Gasteiger partial charge in [-0.05, 0) is 56.3 Å². The number of ether oxygens (including phenoxy) is 1. The molecule has 2 rings (SSSR count). The van der Waals surface area contributed by atoms with Gasteiger partial charge >= 0.3 is 0 Å². The van der Waals surface area contributed by atoms with Gasteiger partial charge in [0.1, 0.15) is 5.82 Å². The van der Waals surface area contributed by atoms with Gasteiger partial charge in [0.2, 0.25) is 0 Å². The second kappa shape index (κ2) is 6.49. The summed E-state index contributed by atoms with van der Waals surface area (Å²) >= 11 is 0. The molecule has 2 nitrogen and oxygen atoms in total. The van der Waals surface area contributed by atoms with Crippen LogP contribution in [0.15, 0.2) is 12.1 Å². The van der Waals surface area contributed by atoms with E-state index in [9.17, 15) is 4.39 Å². The molecular weight excluding hydrogens is 241 g/mol. The first-order valence-corrected chi connectivity index (χ1v) is 7.19. The molecule has 19 heavy (non-hydrogen) atoms. The third-order valence-electron chi connectivity index (χ3n) is 3.87. The molecule has 3 heteroatoms. The lowest BCUT2D eigenvalue weighted by Crippen LogP contribution is -2.25. The minimum Gasteiger partial charge on any atom is -0.381 e. The van der Waals surface area contributed by atoms with Crippen molar-refractivity contribution < 1.29 is 9.13 Å². The van der Waals surface area contributed by atoms with Gasteiger partial charge in [-0.2, -0.15) is 0 Å². The number of rotatable bonds is 5. The van der Waals surface area contributed by atoms with Crippen molar-refractivity contribution in [3.05, 3.63) is 34.6 Å². The maximum atomic E-state index is 14.3. The monoisotopic (exact) mass is 265 g/mol. The van der Waals surface area contributed by atoms with Crippen molar-refractivity contribution in [2.75, 3.05) is 19.8 Å². The fourth-order valence-electron chi connectivity index (χ4n) is 3.02. The van der Waals surface area contributed by atoms with E-state index in [0.717, 1.165) is 49.3 Å². The summed E-state index contributed by atoms with van der Waals surface area (Å²) in [5.74, 6) is 0.464. The maximum absolute atomic E-state index is 14.3. The summed E-state index contributed by atoms with van der Waals surface area (Å²) in [6, 6.07) is 3.79. The van der Waals surface area contributed by atoms with Gasteiger partial charge in [-0.25, -0.2) is 4.39 Å². The van der Waals surface area contributed by atoms with Crippen molar-refractivity contribution in [3.8, 4) is 0 Å². The van der Waals surface area contributed by atoms with Gasteiger partial charge in [0, 0.05) is 24.8 Å². The van der Waals surface area contributed by atoms with E-state index in [1.54, 1.807) is 6.07 Å². The normalized spacial score (nSPS) is 20.7. The molecule has 2 unspecified atom stereocenters. The van der Waals surface area contributed by atoms with Gasteiger partial charge in [0.15, 0.2) is 0 Å². The summed E-state index contributed by atoms with van der Waals surface area (Å²) in [7, 11) is 0. The number of aryl methyl sites for hydroxylation is 2. The Bertz CT molecular complexity index is 404. The lowest BCUT2D eigenvalue weighted by molar-refractivity contribution is 0.181. The number of hydrogen-bond acceptors (Lipinski definition) is 2. The van der Waals surface area contributed by atoms with Crippen molar-refractivity contribution in [2.24, 2.45) is 5.92 Å². The van der Waals surface area contributed by atoms with Crippen LogP contribution >= 0.6 is 0 Å². The Morgan fingerprint density at radius 2 is 2.21 bits per heavy atom. The van der Waals surface area contributed by atoms with Crippen molar-refractivity contribution >= 4 is 0 Å². The Labute approximate surface area is 115 Å². The van der Waals surface area contributed by atoms with Crippen LogP contribution in [0.4, 0.5) is 4.39 Å². The molecule has 1 saturated heterocycles. The molecule has 0 amide bonds. The Kier molecular flexibility index (Phi) is 4.94. The van der Waals surface area contributed by atoms with Crippen molar-refractivity contribution in [1.82, 2.24) is 5.32 Å². The van der Waals surface area contributed by atoms with Gasteiger partial charge < -0.3 is 10.1 Å². The molecule has 1 aliphatic rings. The lowest BCUT2D eigenvalue weighted by Gasteiger charge is -2.24. The summed E-state index contributed by atoms with van der Waals surface area (Å²) in [5.41, 5.74) is 2.86. The van der Waals surface area contributed by atoms with E-state index in [1.807, 2.05) is 13.8 Å². The molecule has 1 aromatic carbocycles. The summed E-state index contributed by atoms with van der Waals surface area (Å²) in [6.45, 7) is 8.52. The fourth-order valence-corrected chi connectivity index (χ4v) is 3.02. The van der Waals surface area contributed by atoms with Crippen LogP contribution in [0.1, 0.15) is 42.5 Å².